The molecule has 0 saturated heterocycles. The molecule has 0 spiro atoms. The average molecular weight is 295 g/mol. The number of amides is 1. The number of benzene rings is 1. The zero-order valence-corrected chi connectivity index (χ0v) is 13.1. The van der Waals surface area contributed by atoms with Crippen LogP contribution in [-0.2, 0) is 4.79 Å². The Morgan fingerprint density at radius 2 is 1.95 bits per heavy atom. The molecule has 6 nitrogen and oxygen atoms in total. The number of likely N-dealkylation sites (N-methyl/N-ethyl adjacent to an activating group) is 1. The summed E-state index contributed by atoms with van der Waals surface area (Å²) in [5.74, 6) is 0.590. The van der Waals surface area contributed by atoms with Gasteiger partial charge in [-0.05, 0) is 45.3 Å². The van der Waals surface area contributed by atoms with Gasteiger partial charge in [-0.2, -0.15) is 0 Å². The lowest BCUT2D eigenvalue weighted by atomic mass is 10.1. The van der Waals surface area contributed by atoms with Crippen LogP contribution in [0.25, 0.3) is 0 Å². The molecule has 1 aromatic rings. The predicted molar refractivity (Wildman–Crippen MR) is 83.7 cm³/mol. The molecule has 0 aliphatic heterocycles. The van der Waals surface area contributed by atoms with Gasteiger partial charge in [-0.3, -0.25) is 4.79 Å². The summed E-state index contributed by atoms with van der Waals surface area (Å²) in [5, 5.41) is 15.8. The molecule has 0 bridgehead atoms. The molecular weight excluding hydrogens is 270 g/mol. The fourth-order valence-electron chi connectivity index (χ4n) is 2.06. The standard InChI is InChI=1S/C15H25N3O3/c1-15(20,11-18(2)3)10-16-9-14(19)17-12-5-7-13(21-4)8-6-12/h5-8,16,20H,9-11H2,1-4H3,(H,17,19). The van der Waals surface area contributed by atoms with Crippen LogP contribution < -0.4 is 15.4 Å². The fourth-order valence-corrected chi connectivity index (χ4v) is 2.06. The number of anilines is 1. The summed E-state index contributed by atoms with van der Waals surface area (Å²) < 4.78 is 5.05. The van der Waals surface area contributed by atoms with Crippen LogP contribution in [0.1, 0.15) is 6.92 Å². The molecule has 1 atom stereocenters. The smallest absolute Gasteiger partial charge is 0.238 e. The van der Waals surface area contributed by atoms with Crippen LogP contribution in [0.4, 0.5) is 5.69 Å². The van der Waals surface area contributed by atoms with E-state index in [0.29, 0.717) is 18.8 Å². The molecule has 0 radical (unpaired) electrons. The highest BCUT2D eigenvalue weighted by Crippen LogP contribution is 2.14. The van der Waals surface area contributed by atoms with Crippen molar-refractivity contribution in [3.05, 3.63) is 24.3 Å². The third-order valence-electron chi connectivity index (χ3n) is 2.82. The molecule has 0 heterocycles. The maximum Gasteiger partial charge on any atom is 0.238 e. The first-order valence-corrected chi connectivity index (χ1v) is 6.84. The van der Waals surface area contributed by atoms with Crippen molar-refractivity contribution in [1.29, 1.82) is 0 Å². The lowest BCUT2D eigenvalue weighted by Gasteiger charge is -2.27. The molecule has 1 rings (SSSR count). The first-order chi connectivity index (χ1) is 9.82. The van der Waals surface area contributed by atoms with E-state index < -0.39 is 5.60 Å². The Labute approximate surface area is 126 Å². The number of hydrogen-bond donors (Lipinski definition) is 3. The van der Waals surface area contributed by atoms with E-state index in [2.05, 4.69) is 10.6 Å². The highest BCUT2D eigenvalue weighted by molar-refractivity contribution is 5.92. The highest BCUT2D eigenvalue weighted by Gasteiger charge is 2.20. The lowest BCUT2D eigenvalue weighted by Crippen LogP contribution is -2.47. The summed E-state index contributed by atoms with van der Waals surface area (Å²) in [6, 6.07) is 7.12. The van der Waals surface area contributed by atoms with Gasteiger partial charge in [0.05, 0.1) is 19.3 Å². The summed E-state index contributed by atoms with van der Waals surface area (Å²) in [5.41, 5.74) is -0.160. The molecule has 1 unspecified atom stereocenters. The summed E-state index contributed by atoms with van der Waals surface area (Å²) in [6.45, 7) is 2.76. The van der Waals surface area contributed by atoms with Gasteiger partial charge in [0.25, 0.3) is 0 Å². The number of hydrogen-bond acceptors (Lipinski definition) is 5. The molecular formula is C15H25N3O3. The van der Waals surface area contributed by atoms with E-state index in [9.17, 15) is 9.90 Å². The average Bonchev–Trinajstić information content (AvgIpc) is 2.37. The van der Waals surface area contributed by atoms with Crippen molar-refractivity contribution in [2.24, 2.45) is 0 Å². The Balaban J connectivity index is 2.33. The minimum atomic E-state index is -0.871. The van der Waals surface area contributed by atoms with Crippen molar-refractivity contribution in [2.45, 2.75) is 12.5 Å². The molecule has 3 N–H and O–H groups in total. The van der Waals surface area contributed by atoms with Crippen molar-refractivity contribution < 1.29 is 14.6 Å². The van der Waals surface area contributed by atoms with Gasteiger partial charge in [0.2, 0.25) is 5.91 Å². The van der Waals surface area contributed by atoms with Gasteiger partial charge in [0, 0.05) is 18.8 Å². The Bertz CT molecular complexity index is 444. The normalized spacial score (nSPS) is 13.8. The van der Waals surface area contributed by atoms with Gasteiger partial charge in [0.1, 0.15) is 5.75 Å². The van der Waals surface area contributed by atoms with Crippen LogP contribution in [0.2, 0.25) is 0 Å². The molecule has 118 valence electrons. The van der Waals surface area contributed by atoms with Gasteiger partial charge >= 0.3 is 0 Å². The SMILES string of the molecule is COc1ccc(NC(=O)CNCC(C)(O)CN(C)C)cc1. The summed E-state index contributed by atoms with van der Waals surface area (Å²) in [6.07, 6.45) is 0. The van der Waals surface area contributed by atoms with Crippen molar-refractivity contribution in [3.8, 4) is 5.75 Å². The van der Waals surface area contributed by atoms with E-state index in [1.54, 1.807) is 38.3 Å². The van der Waals surface area contributed by atoms with Crippen LogP contribution in [0.3, 0.4) is 0 Å². The summed E-state index contributed by atoms with van der Waals surface area (Å²) in [4.78, 5) is 13.7. The van der Waals surface area contributed by atoms with E-state index in [4.69, 9.17) is 4.74 Å². The molecule has 0 aliphatic carbocycles. The second-order valence-corrected chi connectivity index (χ2v) is 5.61. The Kier molecular flexibility index (Phi) is 6.61. The second kappa shape index (κ2) is 7.97. The molecule has 0 aliphatic rings. The Morgan fingerprint density at radius 1 is 1.33 bits per heavy atom. The topological polar surface area (TPSA) is 73.8 Å². The van der Waals surface area contributed by atoms with Crippen molar-refractivity contribution in [2.75, 3.05) is 46.2 Å². The number of ether oxygens (including phenoxy) is 1. The molecule has 6 heteroatoms. The van der Waals surface area contributed by atoms with E-state index in [0.717, 1.165) is 5.75 Å². The van der Waals surface area contributed by atoms with Gasteiger partial charge in [0.15, 0.2) is 0 Å². The Morgan fingerprint density at radius 3 is 2.48 bits per heavy atom. The third-order valence-corrected chi connectivity index (χ3v) is 2.82. The number of rotatable bonds is 8. The van der Waals surface area contributed by atoms with E-state index in [-0.39, 0.29) is 12.5 Å². The van der Waals surface area contributed by atoms with Gasteiger partial charge < -0.3 is 25.4 Å². The predicted octanol–water partition coefficient (Wildman–Crippen LogP) is 0.536. The maximum absolute atomic E-state index is 11.8. The van der Waals surface area contributed by atoms with E-state index in [1.165, 1.54) is 0 Å². The van der Waals surface area contributed by atoms with E-state index >= 15 is 0 Å². The second-order valence-electron chi connectivity index (χ2n) is 5.61. The van der Waals surface area contributed by atoms with Crippen LogP contribution >= 0.6 is 0 Å². The maximum atomic E-state index is 11.8. The number of nitrogens with one attached hydrogen (secondary N) is 2. The van der Waals surface area contributed by atoms with Gasteiger partial charge in [-0.1, -0.05) is 0 Å². The molecule has 1 aromatic carbocycles. The van der Waals surface area contributed by atoms with Crippen LogP contribution in [0.5, 0.6) is 5.75 Å². The van der Waals surface area contributed by atoms with Crippen molar-refractivity contribution in [3.63, 3.8) is 0 Å². The number of methoxy groups -OCH3 is 1. The van der Waals surface area contributed by atoms with Crippen LogP contribution in [0, 0.1) is 0 Å². The molecule has 0 fully saturated rings. The number of nitrogens with zero attached hydrogens (tertiary/aromatic N) is 1. The summed E-state index contributed by atoms with van der Waals surface area (Å²) in [7, 11) is 5.38. The molecule has 0 saturated carbocycles. The van der Waals surface area contributed by atoms with E-state index in [1.807, 2.05) is 19.0 Å². The van der Waals surface area contributed by atoms with Crippen LogP contribution in [0.15, 0.2) is 24.3 Å². The number of aliphatic hydroxyl groups is 1. The minimum absolute atomic E-state index is 0.148. The van der Waals surface area contributed by atoms with Gasteiger partial charge in [-0.15, -0.1) is 0 Å². The van der Waals surface area contributed by atoms with Crippen molar-refractivity contribution >= 4 is 11.6 Å². The zero-order chi connectivity index (χ0) is 15.9. The highest BCUT2D eigenvalue weighted by atomic mass is 16.5. The first-order valence-electron chi connectivity index (χ1n) is 6.84. The quantitative estimate of drug-likeness (QED) is 0.653. The third kappa shape index (κ3) is 7.08. The number of carbonyl (C=O) groups is 1. The monoisotopic (exact) mass is 295 g/mol. The molecule has 1 amide bonds. The largest absolute Gasteiger partial charge is 0.497 e. The van der Waals surface area contributed by atoms with Gasteiger partial charge in [-0.25, -0.2) is 0 Å². The molecule has 21 heavy (non-hydrogen) atoms. The number of carbonyl (C=O) groups excluding carboxylic acids is 1. The first kappa shape index (κ1) is 17.4. The Hall–Kier alpha value is -1.63. The van der Waals surface area contributed by atoms with Crippen LogP contribution in [-0.4, -0.2) is 62.4 Å². The minimum Gasteiger partial charge on any atom is -0.497 e. The molecule has 0 aromatic heterocycles. The fraction of sp³-hybridized carbons (Fsp3) is 0.533. The zero-order valence-electron chi connectivity index (χ0n) is 13.1. The lowest BCUT2D eigenvalue weighted by molar-refractivity contribution is -0.115. The van der Waals surface area contributed by atoms with Crippen molar-refractivity contribution in [1.82, 2.24) is 10.2 Å². The summed E-state index contributed by atoms with van der Waals surface area (Å²) >= 11 is 0.